The highest BCUT2D eigenvalue weighted by Gasteiger charge is 2.41. The van der Waals surface area contributed by atoms with E-state index in [9.17, 15) is 24.0 Å². The lowest BCUT2D eigenvalue weighted by molar-refractivity contribution is -0.147. The molecule has 1 saturated heterocycles. The first-order valence-corrected chi connectivity index (χ1v) is 10.9. The Morgan fingerprint density at radius 1 is 1.12 bits per heavy atom. The number of amides is 2. The molecule has 0 aromatic rings. The van der Waals surface area contributed by atoms with Crippen LogP contribution in [-0.2, 0) is 24.0 Å². The van der Waals surface area contributed by atoms with E-state index in [0.29, 0.717) is 25.8 Å². The summed E-state index contributed by atoms with van der Waals surface area (Å²) in [4.78, 5) is 63.0. The van der Waals surface area contributed by atoms with Crippen LogP contribution in [0, 0.1) is 0 Å². The Bertz CT molecular complexity index is 720. The van der Waals surface area contributed by atoms with Gasteiger partial charge in [0.1, 0.15) is 18.4 Å². The molecular formula is C18H33N7O7S. The molecule has 1 aliphatic heterocycles. The van der Waals surface area contributed by atoms with Gasteiger partial charge >= 0.3 is 5.97 Å². The average Bonchev–Trinajstić information content (AvgIpc) is 3.24. The molecule has 0 spiro atoms. The number of rotatable bonds is 15. The summed E-state index contributed by atoms with van der Waals surface area (Å²) >= 11 is 3.67. The summed E-state index contributed by atoms with van der Waals surface area (Å²) in [5.74, 6) is -4.98. The van der Waals surface area contributed by atoms with Crippen molar-refractivity contribution < 1.29 is 34.2 Å². The quantitative estimate of drug-likeness (QED) is 0.0458. The zero-order valence-corrected chi connectivity index (χ0v) is 19.0. The van der Waals surface area contributed by atoms with Crippen LogP contribution in [0.1, 0.15) is 32.1 Å². The smallest absolute Gasteiger partial charge is 0.305 e. The van der Waals surface area contributed by atoms with E-state index >= 15 is 0 Å². The standard InChI is InChI=1S/C18H33N7O7S/c19-9(3-1-5-22-18(20)21)17(32)25-6-2-4-12(25)15(30)14(29)10(7-13(27)28)23-16(31)11(8-26)24-33/h9-12,18,22,24,26,33H,1-8,19-21H2,(H,23,31)(H,27,28)/t9-,10-,11-,12-/m0/s1. The average molecular weight is 492 g/mol. The highest BCUT2D eigenvalue weighted by molar-refractivity contribution is 7.78. The first-order valence-electron chi connectivity index (χ1n) is 10.4. The van der Waals surface area contributed by atoms with Crippen molar-refractivity contribution in [2.24, 2.45) is 17.2 Å². The van der Waals surface area contributed by atoms with Gasteiger partial charge in [0.2, 0.25) is 23.4 Å². The number of thiol groups is 1. The molecule has 1 fully saturated rings. The van der Waals surface area contributed by atoms with Gasteiger partial charge in [-0.25, -0.2) is 0 Å². The molecule has 4 atom stereocenters. The zero-order chi connectivity index (χ0) is 25.1. The number of carbonyl (C=O) groups is 5. The van der Waals surface area contributed by atoms with Crippen LogP contribution in [0.5, 0.6) is 0 Å². The van der Waals surface area contributed by atoms with Crippen molar-refractivity contribution in [2.75, 3.05) is 19.7 Å². The van der Waals surface area contributed by atoms with Crippen LogP contribution < -0.4 is 32.6 Å². The Kier molecular flexibility index (Phi) is 12.4. The van der Waals surface area contributed by atoms with Gasteiger partial charge in [-0.15, -0.1) is 0 Å². The van der Waals surface area contributed by atoms with Crippen LogP contribution in [0.25, 0.3) is 0 Å². The van der Waals surface area contributed by atoms with E-state index in [0.717, 1.165) is 0 Å². The highest BCUT2D eigenvalue weighted by Crippen LogP contribution is 2.21. The summed E-state index contributed by atoms with van der Waals surface area (Å²) in [5, 5.41) is 23.2. The number of Topliss-reactive ketones (excluding diaryl/α,β-unsaturated/α-hetero) is 2. The molecule has 2 amide bonds. The van der Waals surface area contributed by atoms with Crippen molar-refractivity contribution in [3.8, 4) is 0 Å². The number of aliphatic carboxylic acids is 1. The van der Waals surface area contributed by atoms with Gasteiger partial charge in [0, 0.05) is 6.54 Å². The number of aliphatic hydroxyl groups excluding tert-OH is 1. The Morgan fingerprint density at radius 3 is 2.33 bits per heavy atom. The maximum Gasteiger partial charge on any atom is 0.305 e. The number of carboxylic acid groups (broad SMARTS) is 1. The molecular weight excluding hydrogens is 458 g/mol. The van der Waals surface area contributed by atoms with E-state index < -0.39 is 72.8 Å². The van der Waals surface area contributed by atoms with Gasteiger partial charge in [0.15, 0.2) is 0 Å². The monoisotopic (exact) mass is 491 g/mol. The topological polar surface area (TPSA) is 243 Å². The first-order chi connectivity index (χ1) is 15.5. The maximum absolute atomic E-state index is 12.9. The first kappa shape index (κ1) is 28.9. The molecule has 1 aliphatic rings. The lowest BCUT2D eigenvalue weighted by Gasteiger charge is -2.27. The second-order valence-electron chi connectivity index (χ2n) is 7.67. The number of carbonyl (C=O) groups excluding carboxylic acids is 4. The van der Waals surface area contributed by atoms with E-state index in [4.69, 9.17) is 27.4 Å². The largest absolute Gasteiger partial charge is 0.481 e. The third kappa shape index (κ3) is 8.96. The fourth-order valence-corrected chi connectivity index (χ4v) is 3.60. The van der Waals surface area contributed by atoms with Gasteiger partial charge in [-0.1, -0.05) is 12.8 Å². The number of carboxylic acids is 1. The van der Waals surface area contributed by atoms with Crippen molar-refractivity contribution in [1.82, 2.24) is 20.3 Å². The molecule has 1 heterocycles. The van der Waals surface area contributed by atoms with E-state index in [1.165, 1.54) is 4.90 Å². The maximum atomic E-state index is 12.9. The molecule has 15 heteroatoms. The Balaban J connectivity index is 2.85. The van der Waals surface area contributed by atoms with Crippen LogP contribution >= 0.6 is 12.8 Å². The summed E-state index contributed by atoms with van der Waals surface area (Å²) in [6, 6.07) is -4.91. The lowest BCUT2D eigenvalue weighted by atomic mass is 9.98. The number of hydrogen-bond donors (Lipinski definition) is 9. The van der Waals surface area contributed by atoms with Crippen molar-refractivity contribution in [3.63, 3.8) is 0 Å². The Morgan fingerprint density at radius 2 is 1.79 bits per heavy atom. The predicted octanol–water partition coefficient (Wildman–Crippen LogP) is -4.23. The number of hydrogen-bond acceptors (Lipinski definition) is 12. The zero-order valence-electron chi connectivity index (χ0n) is 18.1. The number of likely N-dealkylation sites (tertiary alicyclic amines) is 1. The fourth-order valence-electron chi connectivity index (χ4n) is 3.40. The van der Waals surface area contributed by atoms with E-state index in [1.54, 1.807) is 0 Å². The molecule has 33 heavy (non-hydrogen) atoms. The summed E-state index contributed by atoms with van der Waals surface area (Å²) < 4.78 is 2.20. The van der Waals surface area contributed by atoms with Crippen LogP contribution in [0.4, 0.5) is 0 Å². The number of aliphatic hydroxyl groups is 1. The third-order valence-corrected chi connectivity index (χ3v) is 5.45. The molecule has 0 unspecified atom stereocenters. The molecule has 0 saturated carbocycles. The predicted molar refractivity (Wildman–Crippen MR) is 119 cm³/mol. The second kappa shape index (κ2) is 14.2. The minimum atomic E-state index is -1.67. The van der Waals surface area contributed by atoms with Crippen molar-refractivity contribution in [1.29, 1.82) is 0 Å². The van der Waals surface area contributed by atoms with Crippen LogP contribution in [-0.4, -0.2) is 94.6 Å². The molecule has 0 bridgehead atoms. The molecule has 14 nitrogen and oxygen atoms in total. The summed E-state index contributed by atoms with van der Waals surface area (Å²) in [6.45, 7) is -0.0207. The van der Waals surface area contributed by atoms with Crippen LogP contribution in [0.2, 0.25) is 0 Å². The molecule has 1 rings (SSSR count). The van der Waals surface area contributed by atoms with Gasteiger partial charge in [0.25, 0.3) is 0 Å². The number of nitrogens with two attached hydrogens (primary N) is 3. The SMILES string of the molecule is NC(N)NCCC[C@H](N)C(=O)N1CCC[C@H]1C(=O)C(=O)[C@H](CC(=O)O)NC(=O)[C@H](CO)NS. The number of ketones is 2. The molecule has 0 aliphatic carbocycles. The second-order valence-corrected chi connectivity index (χ2v) is 7.93. The van der Waals surface area contributed by atoms with Crippen LogP contribution in [0.3, 0.4) is 0 Å². The van der Waals surface area contributed by atoms with Crippen LogP contribution in [0.15, 0.2) is 0 Å². The summed E-state index contributed by atoms with van der Waals surface area (Å²) in [5.41, 5.74) is 16.7. The van der Waals surface area contributed by atoms with Gasteiger partial charge < -0.3 is 37.6 Å². The summed E-state index contributed by atoms with van der Waals surface area (Å²) in [7, 11) is 0. The van der Waals surface area contributed by atoms with Gasteiger partial charge in [0.05, 0.1) is 25.1 Å². The number of nitrogens with zero attached hydrogens (tertiary/aromatic N) is 1. The van der Waals surface area contributed by atoms with E-state index in [2.05, 4.69) is 28.2 Å². The van der Waals surface area contributed by atoms with E-state index in [1.807, 2.05) is 0 Å². The normalized spacial score (nSPS) is 18.6. The lowest BCUT2D eigenvalue weighted by Crippen LogP contribution is -2.55. The molecule has 188 valence electrons. The van der Waals surface area contributed by atoms with Gasteiger partial charge in [-0.3, -0.25) is 34.0 Å². The molecule has 11 N–H and O–H groups in total. The molecule has 0 radical (unpaired) electrons. The molecule has 0 aromatic carbocycles. The Hall–Kier alpha value is -2.14. The summed E-state index contributed by atoms with van der Waals surface area (Å²) in [6.07, 6.45) is -0.0891. The van der Waals surface area contributed by atoms with Gasteiger partial charge in [-0.05, 0) is 32.2 Å². The highest BCUT2D eigenvalue weighted by atomic mass is 32.1. The van der Waals surface area contributed by atoms with Crippen molar-refractivity contribution in [2.45, 2.75) is 62.6 Å². The Labute approximate surface area is 196 Å². The minimum Gasteiger partial charge on any atom is -0.481 e. The van der Waals surface area contributed by atoms with E-state index in [-0.39, 0.29) is 13.0 Å². The van der Waals surface area contributed by atoms with Crippen molar-refractivity contribution >= 4 is 42.2 Å². The number of nitrogens with one attached hydrogen (secondary N) is 3. The molecule has 0 aromatic heterocycles. The van der Waals surface area contributed by atoms with Crippen molar-refractivity contribution in [3.05, 3.63) is 0 Å². The third-order valence-electron chi connectivity index (χ3n) is 5.14. The minimum absolute atomic E-state index is 0.206. The van der Waals surface area contributed by atoms with Gasteiger partial charge in [-0.2, -0.15) is 0 Å². The fraction of sp³-hybridized carbons (Fsp3) is 0.722.